The SMILES string of the molecule is CC/C=C\C/C=C\C[C@H](CO)OC(=O)CCC/C=C\C[C@H](/C=C/I)OCc1ccccc1. The van der Waals surface area contributed by atoms with Crippen molar-refractivity contribution in [1.82, 2.24) is 0 Å². The van der Waals surface area contributed by atoms with Gasteiger partial charge in [-0.1, -0.05) is 96.3 Å². The first-order valence-corrected chi connectivity index (χ1v) is 12.6. The molecule has 1 aromatic rings. The van der Waals surface area contributed by atoms with Crippen LogP contribution in [0.25, 0.3) is 0 Å². The summed E-state index contributed by atoms with van der Waals surface area (Å²) in [5, 5.41) is 9.42. The highest BCUT2D eigenvalue weighted by Crippen LogP contribution is 2.10. The summed E-state index contributed by atoms with van der Waals surface area (Å²) in [7, 11) is 0. The first-order chi connectivity index (χ1) is 15.7. The largest absolute Gasteiger partial charge is 0.460 e. The molecule has 5 heteroatoms. The lowest BCUT2D eigenvalue weighted by molar-refractivity contribution is -0.150. The standard InChI is InChI=1S/C27H37IO4/c1-2-3-4-5-6-13-18-26(22-29)32-27(30)19-14-8-7-12-17-25(20-21-28)31-23-24-15-10-9-11-16-24/h3-4,6-7,9-13,15-16,20-21,25-26,29H,2,5,8,14,17-19,22-23H2,1H3/b4-3-,12-7-,13-6-,21-20+/t25-,26-/m1/s1. The normalized spacial score (nSPS) is 14.1. The lowest BCUT2D eigenvalue weighted by Crippen LogP contribution is -2.21. The maximum Gasteiger partial charge on any atom is 0.306 e. The summed E-state index contributed by atoms with van der Waals surface area (Å²) in [6, 6.07) is 10.1. The molecule has 2 atom stereocenters. The molecule has 176 valence electrons. The smallest absolute Gasteiger partial charge is 0.306 e. The number of aliphatic hydroxyl groups excluding tert-OH is 1. The van der Waals surface area contributed by atoms with Gasteiger partial charge in [0, 0.05) is 12.8 Å². The van der Waals surface area contributed by atoms with E-state index in [1.807, 2.05) is 34.4 Å². The number of rotatable bonds is 17. The second kappa shape index (κ2) is 19.9. The molecular weight excluding hydrogens is 515 g/mol. The van der Waals surface area contributed by atoms with Crippen LogP contribution in [0.1, 0.15) is 57.4 Å². The zero-order valence-electron chi connectivity index (χ0n) is 19.1. The molecule has 0 heterocycles. The first-order valence-electron chi connectivity index (χ1n) is 11.4. The number of aliphatic hydroxyl groups is 1. The highest BCUT2D eigenvalue weighted by atomic mass is 127. The molecule has 0 aliphatic heterocycles. The summed E-state index contributed by atoms with van der Waals surface area (Å²) in [4.78, 5) is 12.0. The van der Waals surface area contributed by atoms with Crippen molar-refractivity contribution in [2.75, 3.05) is 6.61 Å². The summed E-state index contributed by atoms with van der Waals surface area (Å²) in [6.07, 6.45) is 19.1. The summed E-state index contributed by atoms with van der Waals surface area (Å²) in [6.45, 7) is 2.53. The topological polar surface area (TPSA) is 55.8 Å². The molecule has 0 spiro atoms. The van der Waals surface area contributed by atoms with Crippen molar-refractivity contribution < 1.29 is 19.4 Å². The predicted octanol–water partition coefficient (Wildman–Crippen LogP) is 6.84. The average molecular weight is 552 g/mol. The summed E-state index contributed by atoms with van der Waals surface area (Å²) >= 11 is 2.21. The highest BCUT2D eigenvalue weighted by molar-refractivity contribution is 14.1. The third-order valence-electron chi connectivity index (χ3n) is 4.62. The minimum atomic E-state index is -0.466. The van der Waals surface area contributed by atoms with Crippen molar-refractivity contribution in [3.05, 3.63) is 82.5 Å². The molecule has 1 N–H and O–H groups in total. The van der Waals surface area contributed by atoms with Gasteiger partial charge in [0.1, 0.15) is 6.10 Å². The van der Waals surface area contributed by atoms with E-state index in [9.17, 15) is 9.90 Å². The van der Waals surface area contributed by atoms with Crippen LogP contribution in [0.2, 0.25) is 0 Å². The number of unbranched alkanes of at least 4 members (excludes halogenated alkanes) is 1. The molecule has 0 aromatic heterocycles. The Morgan fingerprint density at radius 2 is 1.81 bits per heavy atom. The molecule has 0 fully saturated rings. The van der Waals surface area contributed by atoms with Gasteiger partial charge >= 0.3 is 5.97 Å². The van der Waals surface area contributed by atoms with Gasteiger partial charge in [-0.05, 0) is 47.8 Å². The highest BCUT2D eigenvalue weighted by Gasteiger charge is 2.11. The molecule has 32 heavy (non-hydrogen) atoms. The van der Waals surface area contributed by atoms with E-state index in [4.69, 9.17) is 9.47 Å². The lowest BCUT2D eigenvalue weighted by atomic mass is 10.2. The van der Waals surface area contributed by atoms with Gasteiger partial charge in [-0.15, -0.1) is 0 Å². The molecule has 0 aliphatic carbocycles. The van der Waals surface area contributed by atoms with Crippen LogP contribution in [0.4, 0.5) is 0 Å². The average Bonchev–Trinajstić information content (AvgIpc) is 2.81. The minimum Gasteiger partial charge on any atom is -0.460 e. The lowest BCUT2D eigenvalue weighted by Gasteiger charge is -2.13. The Morgan fingerprint density at radius 3 is 2.53 bits per heavy atom. The van der Waals surface area contributed by atoms with E-state index in [1.54, 1.807) is 0 Å². The quantitative estimate of drug-likeness (QED) is 0.0995. The van der Waals surface area contributed by atoms with Crippen LogP contribution in [0, 0.1) is 0 Å². The molecular formula is C27H37IO4. The van der Waals surface area contributed by atoms with Gasteiger partial charge < -0.3 is 14.6 Å². The minimum absolute atomic E-state index is 0.0316. The van der Waals surface area contributed by atoms with Crippen LogP contribution in [-0.4, -0.2) is 29.9 Å². The van der Waals surface area contributed by atoms with Crippen molar-refractivity contribution in [3.8, 4) is 0 Å². The molecule has 0 bridgehead atoms. The first kappa shape index (κ1) is 28.3. The molecule has 0 unspecified atom stereocenters. The van der Waals surface area contributed by atoms with E-state index in [1.165, 1.54) is 0 Å². The van der Waals surface area contributed by atoms with Crippen molar-refractivity contribution >= 4 is 28.6 Å². The summed E-state index contributed by atoms with van der Waals surface area (Å²) in [5.41, 5.74) is 1.16. The number of halogens is 1. The Kier molecular flexibility index (Phi) is 17.7. The second-order valence-corrected chi connectivity index (χ2v) is 8.09. The van der Waals surface area contributed by atoms with Gasteiger partial charge in [0.2, 0.25) is 0 Å². The zero-order valence-corrected chi connectivity index (χ0v) is 21.2. The van der Waals surface area contributed by atoms with E-state index in [-0.39, 0.29) is 18.7 Å². The number of hydrogen-bond donors (Lipinski definition) is 1. The summed E-state index contributed by atoms with van der Waals surface area (Å²) in [5.74, 6) is -0.256. The van der Waals surface area contributed by atoms with E-state index in [2.05, 4.69) is 72.0 Å². The van der Waals surface area contributed by atoms with Crippen LogP contribution < -0.4 is 0 Å². The van der Waals surface area contributed by atoms with Crippen molar-refractivity contribution in [2.24, 2.45) is 0 Å². The predicted molar refractivity (Wildman–Crippen MR) is 141 cm³/mol. The van der Waals surface area contributed by atoms with Crippen molar-refractivity contribution in [3.63, 3.8) is 0 Å². The maximum atomic E-state index is 12.0. The van der Waals surface area contributed by atoms with E-state index >= 15 is 0 Å². The number of benzene rings is 1. The number of hydrogen-bond acceptors (Lipinski definition) is 4. The van der Waals surface area contributed by atoms with Crippen LogP contribution in [0.3, 0.4) is 0 Å². The van der Waals surface area contributed by atoms with Crippen LogP contribution in [0.15, 0.2) is 76.9 Å². The van der Waals surface area contributed by atoms with Crippen molar-refractivity contribution in [1.29, 1.82) is 0 Å². The molecule has 0 saturated carbocycles. The third-order valence-corrected chi connectivity index (χ3v) is 5.04. The van der Waals surface area contributed by atoms with E-state index in [0.29, 0.717) is 19.4 Å². The molecule has 1 rings (SSSR count). The number of esters is 1. The monoisotopic (exact) mass is 552 g/mol. The number of carbonyl (C=O) groups is 1. The fraction of sp³-hybridized carbons (Fsp3) is 0.444. The summed E-state index contributed by atoms with van der Waals surface area (Å²) < 4.78 is 13.3. The fourth-order valence-corrected chi connectivity index (χ4v) is 3.33. The molecule has 4 nitrogen and oxygen atoms in total. The maximum absolute atomic E-state index is 12.0. The van der Waals surface area contributed by atoms with Crippen LogP contribution in [0.5, 0.6) is 0 Å². The Labute approximate surface area is 207 Å². The van der Waals surface area contributed by atoms with E-state index in [0.717, 1.165) is 37.7 Å². The van der Waals surface area contributed by atoms with Gasteiger partial charge in [-0.2, -0.15) is 0 Å². The molecule has 0 radical (unpaired) electrons. The fourth-order valence-electron chi connectivity index (χ4n) is 2.86. The van der Waals surface area contributed by atoms with Gasteiger partial charge in [-0.3, -0.25) is 4.79 Å². The molecule has 0 aliphatic rings. The van der Waals surface area contributed by atoms with Crippen molar-refractivity contribution in [2.45, 2.75) is 70.7 Å². The van der Waals surface area contributed by atoms with Crippen LogP contribution in [-0.2, 0) is 20.9 Å². The van der Waals surface area contributed by atoms with Gasteiger partial charge in [0.05, 0.1) is 19.3 Å². The zero-order chi connectivity index (χ0) is 23.3. The number of allylic oxidation sites excluding steroid dienone is 4. The van der Waals surface area contributed by atoms with Crippen LogP contribution >= 0.6 is 22.6 Å². The third kappa shape index (κ3) is 15.2. The van der Waals surface area contributed by atoms with Gasteiger partial charge in [-0.25, -0.2) is 0 Å². The van der Waals surface area contributed by atoms with E-state index < -0.39 is 6.10 Å². The Hall–Kier alpha value is -1.70. The number of carbonyl (C=O) groups excluding carboxylic acids is 1. The Balaban J connectivity index is 2.22. The molecule has 0 amide bonds. The molecule has 1 aromatic carbocycles. The number of ether oxygens (including phenoxy) is 2. The molecule has 0 saturated heterocycles. The van der Waals surface area contributed by atoms with Gasteiger partial charge in [0.25, 0.3) is 0 Å². The Morgan fingerprint density at radius 1 is 1.06 bits per heavy atom. The Bertz CT molecular complexity index is 710. The van der Waals surface area contributed by atoms with Gasteiger partial charge in [0.15, 0.2) is 0 Å². The second-order valence-electron chi connectivity index (χ2n) is 7.37.